The molecule has 0 spiro atoms. The van der Waals surface area contributed by atoms with Crippen molar-refractivity contribution >= 4 is 29.2 Å². The SMILES string of the molecule is CCC(CC)Oc1ccc(C2(C(=O)O)CC2(Cl)Cl)cc1. The number of carbonyl (C=O) groups is 1. The largest absolute Gasteiger partial charge is 0.490 e. The van der Waals surface area contributed by atoms with Gasteiger partial charge in [0.1, 0.15) is 15.5 Å². The predicted octanol–water partition coefficient (Wildman–Crippen LogP) is 4.15. The van der Waals surface area contributed by atoms with Crippen LogP contribution in [0.4, 0.5) is 0 Å². The molecule has 0 aliphatic heterocycles. The molecule has 0 bridgehead atoms. The average molecular weight is 317 g/mol. The molecule has 0 aromatic heterocycles. The summed E-state index contributed by atoms with van der Waals surface area (Å²) in [6, 6.07) is 7.03. The first kappa shape index (κ1) is 15.5. The lowest BCUT2D eigenvalue weighted by molar-refractivity contribution is -0.140. The highest BCUT2D eigenvalue weighted by Crippen LogP contribution is 2.65. The van der Waals surface area contributed by atoms with Crippen LogP contribution in [0.3, 0.4) is 0 Å². The van der Waals surface area contributed by atoms with Gasteiger partial charge in [-0.15, -0.1) is 0 Å². The van der Waals surface area contributed by atoms with E-state index in [-0.39, 0.29) is 12.5 Å². The van der Waals surface area contributed by atoms with Crippen LogP contribution in [0.25, 0.3) is 0 Å². The molecule has 1 saturated carbocycles. The first-order valence-corrected chi connectivity index (χ1v) is 7.51. The molecule has 2 rings (SSSR count). The summed E-state index contributed by atoms with van der Waals surface area (Å²) >= 11 is 12.0. The van der Waals surface area contributed by atoms with Crippen LogP contribution in [0.5, 0.6) is 5.75 Å². The van der Waals surface area contributed by atoms with Crippen molar-refractivity contribution in [1.82, 2.24) is 0 Å². The van der Waals surface area contributed by atoms with Gasteiger partial charge in [0, 0.05) is 6.42 Å². The smallest absolute Gasteiger partial charge is 0.317 e. The van der Waals surface area contributed by atoms with E-state index < -0.39 is 15.7 Å². The minimum Gasteiger partial charge on any atom is -0.490 e. The van der Waals surface area contributed by atoms with Gasteiger partial charge in [-0.25, -0.2) is 0 Å². The summed E-state index contributed by atoms with van der Waals surface area (Å²) in [7, 11) is 0. The van der Waals surface area contributed by atoms with Crippen LogP contribution in [0.1, 0.15) is 38.7 Å². The van der Waals surface area contributed by atoms with E-state index in [1.807, 2.05) is 0 Å². The average Bonchev–Trinajstić information content (AvgIpc) is 3.01. The van der Waals surface area contributed by atoms with Crippen LogP contribution < -0.4 is 4.74 Å². The Balaban J connectivity index is 2.19. The minimum atomic E-state index is -1.23. The van der Waals surface area contributed by atoms with Gasteiger partial charge in [-0.3, -0.25) is 4.79 Å². The molecule has 1 unspecified atom stereocenters. The minimum absolute atomic E-state index is 0.176. The van der Waals surface area contributed by atoms with Crippen LogP contribution in [-0.2, 0) is 10.2 Å². The molecular weight excluding hydrogens is 299 g/mol. The van der Waals surface area contributed by atoms with E-state index >= 15 is 0 Å². The topological polar surface area (TPSA) is 46.5 Å². The molecule has 1 aromatic carbocycles. The summed E-state index contributed by atoms with van der Waals surface area (Å²) in [6.45, 7) is 4.14. The molecule has 110 valence electrons. The Morgan fingerprint density at radius 3 is 2.15 bits per heavy atom. The highest BCUT2D eigenvalue weighted by molar-refractivity contribution is 6.54. The van der Waals surface area contributed by atoms with Gasteiger partial charge < -0.3 is 9.84 Å². The number of aliphatic carboxylic acids is 1. The van der Waals surface area contributed by atoms with E-state index in [1.165, 1.54) is 0 Å². The molecule has 1 atom stereocenters. The number of hydrogen-bond acceptors (Lipinski definition) is 2. The number of benzene rings is 1. The van der Waals surface area contributed by atoms with Crippen molar-refractivity contribution in [2.24, 2.45) is 0 Å². The molecular formula is C15H18Cl2O3. The third-order valence-corrected chi connectivity index (χ3v) is 4.82. The molecule has 0 saturated heterocycles. The first-order chi connectivity index (χ1) is 9.37. The molecule has 5 heteroatoms. The molecule has 1 aromatic rings. The van der Waals surface area contributed by atoms with E-state index in [2.05, 4.69) is 13.8 Å². The predicted molar refractivity (Wildman–Crippen MR) is 79.8 cm³/mol. The fourth-order valence-electron chi connectivity index (χ4n) is 2.42. The van der Waals surface area contributed by atoms with Gasteiger partial charge in [0.05, 0.1) is 6.10 Å². The quantitative estimate of drug-likeness (QED) is 0.802. The first-order valence-electron chi connectivity index (χ1n) is 6.75. The van der Waals surface area contributed by atoms with Crippen LogP contribution >= 0.6 is 23.2 Å². The maximum absolute atomic E-state index is 11.5. The van der Waals surface area contributed by atoms with E-state index in [0.717, 1.165) is 18.6 Å². The Kier molecular flexibility index (Phi) is 4.22. The van der Waals surface area contributed by atoms with Gasteiger partial charge in [-0.2, -0.15) is 0 Å². The summed E-state index contributed by atoms with van der Waals surface area (Å²) in [5, 5.41) is 9.38. The fourth-order valence-corrected chi connectivity index (χ4v) is 3.20. The van der Waals surface area contributed by atoms with Crippen molar-refractivity contribution < 1.29 is 14.6 Å². The third kappa shape index (κ3) is 2.49. The van der Waals surface area contributed by atoms with Crippen molar-refractivity contribution in [2.45, 2.75) is 49.0 Å². The number of carboxylic acids is 1. The molecule has 20 heavy (non-hydrogen) atoms. The summed E-state index contributed by atoms with van der Waals surface area (Å²) in [4.78, 5) is 11.5. The second-order valence-corrected chi connectivity index (χ2v) is 6.66. The number of halogens is 2. The zero-order valence-corrected chi connectivity index (χ0v) is 13.0. The van der Waals surface area contributed by atoms with Crippen molar-refractivity contribution in [3.63, 3.8) is 0 Å². The second-order valence-electron chi connectivity index (χ2n) is 5.17. The van der Waals surface area contributed by atoms with Crippen molar-refractivity contribution in [3.8, 4) is 5.75 Å². The van der Waals surface area contributed by atoms with E-state index in [9.17, 15) is 9.90 Å². The van der Waals surface area contributed by atoms with Gasteiger partial charge in [0.25, 0.3) is 0 Å². The zero-order valence-electron chi connectivity index (χ0n) is 11.5. The van der Waals surface area contributed by atoms with Gasteiger partial charge in [-0.05, 0) is 30.5 Å². The molecule has 0 radical (unpaired) electrons. The number of carboxylic acid groups (broad SMARTS) is 1. The summed E-state index contributed by atoms with van der Waals surface area (Å²) in [5.41, 5.74) is -0.573. The third-order valence-electron chi connectivity index (χ3n) is 3.91. The second kappa shape index (κ2) is 5.45. The number of alkyl halides is 2. The molecule has 1 aliphatic carbocycles. The monoisotopic (exact) mass is 316 g/mol. The van der Waals surface area contributed by atoms with Crippen molar-refractivity contribution in [1.29, 1.82) is 0 Å². The van der Waals surface area contributed by atoms with Crippen LogP contribution in [0.15, 0.2) is 24.3 Å². The van der Waals surface area contributed by atoms with Crippen molar-refractivity contribution in [3.05, 3.63) is 29.8 Å². The Bertz CT molecular complexity index is 494. The number of hydrogen-bond donors (Lipinski definition) is 1. The van der Waals surface area contributed by atoms with Gasteiger partial charge in [0.2, 0.25) is 0 Å². The zero-order chi connectivity index (χ0) is 15.0. The summed E-state index contributed by atoms with van der Waals surface area (Å²) in [5.74, 6) is -0.255. The lowest BCUT2D eigenvalue weighted by atomic mass is 9.96. The van der Waals surface area contributed by atoms with Crippen LogP contribution in [-0.4, -0.2) is 21.5 Å². The Labute approximate surface area is 128 Å². The van der Waals surface area contributed by atoms with Crippen LogP contribution in [0.2, 0.25) is 0 Å². The lowest BCUT2D eigenvalue weighted by Gasteiger charge is -2.17. The van der Waals surface area contributed by atoms with Gasteiger partial charge >= 0.3 is 5.97 Å². The Hall–Kier alpha value is -0.930. The normalized spacial score (nSPS) is 23.6. The lowest BCUT2D eigenvalue weighted by Crippen LogP contribution is -2.26. The van der Waals surface area contributed by atoms with E-state index in [1.54, 1.807) is 24.3 Å². The highest BCUT2D eigenvalue weighted by Gasteiger charge is 2.72. The Morgan fingerprint density at radius 2 is 1.80 bits per heavy atom. The standard InChI is InChI=1S/C15H18Cl2O3/c1-3-11(4-2)20-12-7-5-10(6-8-12)14(13(18)19)9-15(14,16)17/h5-8,11H,3-4,9H2,1-2H3,(H,18,19). The maximum Gasteiger partial charge on any atom is 0.317 e. The molecule has 1 fully saturated rings. The molecule has 3 nitrogen and oxygen atoms in total. The molecule has 0 heterocycles. The molecule has 1 N–H and O–H groups in total. The van der Waals surface area contributed by atoms with Gasteiger partial charge in [-0.1, -0.05) is 49.2 Å². The summed E-state index contributed by atoms with van der Waals surface area (Å²) in [6.07, 6.45) is 2.27. The maximum atomic E-state index is 11.5. The van der Waals surface area contributed by atoms with Crippen molar-refractivity contribution in [2.75, 3.05) is 0 Å². The van der Waals surface area contributed by atoms with Crippen LogP contribution in [0, 0.1) is 0 Å². The number of rotatable bonds is 6. The fraction of sp³-hybridized carbons (Fsp3) is 0.533. The Morgan fingerprint density at radius 1 is 1.30 bits per heavy atom. The van der Waals surface area contributed by atoms with E-state index in [4.69, 9.17) is 27.9 Å². The van der Waals surface area contributed by atoms with E-state index in [0.29, 0.717) is 5.56 Å². The van der Waals surface area contributed by atoms with Gasteiger partial charge in [0.15, 0.2) is 0 Å². The molecule has 0 amide bonds. The highest BCUT2D eigenvalue weighted by atomic mass is 35.5. The molecule has 1 aliphatic rings. The number of ether oxygens (including phenoxy) is 1. The summed E-state index contributed by atoms with van der Waals surface area (Å²) < 4.78 is 4.57.